The Morgan fingerprint density at radius 1 is 1.13 bits per heavy atom. The highest BCUT2D eigenvalue weighted by Crippen LogP contribution is 2.26. The fourth-order valence-corrected chi connectivity index (χ4v) is 3.52. The first-order valence-corrected chi connectivity index (χ1v) is 10.8. The second-order valence-corrected chi connectivity index (χ2v) is 7.71. The first-order valence-electron chi connectivity index (χ1n) is 10.0. The summed E-state index contributed by atoms with van der Waals surface area (Å²) < 4.78 is 11.8. The van der Waals surface area contributed by atoms with Gasteiger partial charge in [-0.15, -0.1) is 0 Å². The minimum atomic E-state index is -0.641. The first-order chi connectivity index (χ1) is 14.4. The molecule has 0 bridgehead atoms. The Hall–Kier alpha value is -2.54. The zero-order valence-electron chi connectivity index (χ0n) is 17.9. The highest BCUT2D eigenvalue weighted by atomic mass is 79.9. The number of hydrogen-bond acceptors (Lipinski definition) is 4. The molecule has 0 unspecified atom stereocenters. The lowest BCUT2D eigenvalue weighted by Gasteiger charge is -2.28. The number of nitrogens with one attached hydrogen (secondary N) is 1. The lowest BCUT2D eigenvalue weighted by Crippen LogP contribution is -2.49. The molecule has 6 nitrogen and oxygen atoms in total. The summed E-state index contributed by atoms with van der Waals surface area (Å²) in [5, 5.41) is 2.78. The first kappa shape index (κ1) is 23.7. The van der Waals surface area contributed by atoms with Gasteiger partial charge in [-0.05, 0) is 71.6 Å². The summed E-state index contributed by atoms with van der Waals surface area (Å²) in [6, 6.07) is 12.6. The molecule has 162 valence electrons. The Morgan fingerprint density at radius 3 is 2.53 bits per heavy atom. The van der Waals surface area contributed by atoms with Crippen molar-refractivity contribution < 1.29 is 19.1 Å². The standard InChI is InChI=1S/C23H29BrN2O4/c1-5-17-10-11-21(20(24)13-17)30-15-22(27)26(16(3)23(28)25-6-2)14-18-8-7-9-19(12-18)29-4/h7-13,16H,5-6,14-15H2,1-4H3,(H,25,28)/t16-/m0/s1. The van der Waals surface area contributed by atoms with E-state index in [0.29, 0.717) is 18.0 Å². The van der Waals surface area contributed by atoms with Crippen molar-refractivity contribution in [1.29, 1.82) is 0 Å². The molecule has 0 saturated carbocycles. The Bertz CT molecular complexity index is 872. The van der Waals surface area contributed by atoms with E-state index in [-0.39, 0.29) is 25.0 Å². The van der Waals surface area contributed by atoms with Crippen molar-refractivity contribution in [2.24, 2.45) is 0 Å². The largest absolute Gasteiger partial charge is 0.497 e. The van der Waals surface area contributed by atoms with Crippen molar-refractivity contribution in [3.63, 3.8) is 0 Å². The second kappa shape index (κ2) is 11.6. The number of methoxy groups -OCH3 is 1. The van der Waals surface area contributed by atoms with Crippen LogP contribution in [0.1, 0.15) is 31.9 Å². The van der Waals surface area contributed by atoms with E-state index in [1.54, 1.807) is 14.0 Å². The fraction of sp³-hybridized carbons (Fsp3) is 0.391. The van der Waals surface area contributed by atoms with Crippen molar-refractivity contribution >= 4 is 27.7 Å². The minimum absolute atomic E-state index is 0.169. The fourth-order valence-electron chi connectivity index (χ4n) is 2.98. The van der Waals surface area contributed by atoms with Crippen LogP contribution in [0.3, 0.4) is 0 Å². The van der Waals surface area contributed by atoms with Crippen molar-refractivity contribution in [3.05, 3.63) is 58.1 Å². The Balaban J connectivity index is 2.17. The highest BCUT2D eigenvalue weighted by Gasteiger charge is 2.26. The van der Waals surface area contributed by atoms with Crippen LogP contribution in [0.5, 0.6) is 11.5 Å². The van der Waals surface area contributed by atoms with Crippen molar-refractivity contribution in [1.82, 2.24) is 10.2 Å². The molecule has 1 N–H and O–H groups in total. The molecule has 1 atom stereocenters. The molecule has 2 amide bonds. The molecule has 0 aliphatic carbocycles. The average molecular weight is 477 g/mol. The third kappa shape index (κ3) is 6.49. The number of carbonyl (C=O) groups excluding carboxylic acids is 2. The molecule has 0 aliphatic rings. The molecule has 0 spiro atoms. The monoisotopic (exact) mass is 476 g/mol. The van der Waals surface area contributed by atoms with E-state index in [1.165, 1.54) is 10.5 Å². The molecular formula is C23H29BrN2O4. The van der Waals surface area contributed by atoms with Crippen LogP contribution in [0.25, 0.3) is 0 Å². The number of rotatable bonds is 10. The molecule has 0 heterocycles. The van der Waals surface area contributed by atoms with Crippen LogP contribution in [0, 0.1) is 0 Å². The van der Waals surface area contributed by atoms with E-state index in [9.17, 15) is 9.59 Å². The average Bonchev–Trinajstić information content (AvgIpc) is 2.76. The van der Waals surface area contributed by atoms with Gasteiger partial charge in [0, 0.05) is 13.1 Å². The predicted octanol–water partition coefficient (Wildman–Crippen LogP) is 3.95. The molecule has 30 heavy (non-hydrogen) atoms. The SMILES string of the molecule is CCNC(=O)[C@H](C)N(Cc1cccc(OC)c1)C(=O)COc1ccc(CC)cc1Br. The van der Waals surface area contributed by atoms with Gasteiger partial charge in [0.05, 0.1) is 11.6 Å². The van der Waals surface area contributed by atoms with Crippen molar-refractivity contribution in [3.8, 4) is 11.5 Å². The lowest BCUT2D eigenvalue weighted by molar-refractivity contribution is -0.142. The number of carbonyl (C=O) groups is 2. The minimum Gasteiger partial charge on any atom is -0.497 e. The van der Waals surface area contributed by atoms with Crippen LogP contribution in [0.4, 0.5) is 0 Å². The Labute approximate surface area is 186 Å². The number of likely N-dealkylation sites (N-methyl/N-ethyl adjacent to an activating group) is 1. The number of hydrogen-bond donors (Lipinski definition) is 1. The molecule has 7 heteroatoms. The molecule has 2 rings (SSSR count). The van der Waals surface area contributed by atoms with Gasteiger partial charge in [0.2, 0.25) is 5.91 Å². The van der Waals surface area contributed by atoms with Crippen molar-refractivity contribution in [2.45, 2.75) is 39.8 Å². The molecule has 2 aromatic rings. The van der Waals surface area contributed by atoms with E-state index >= 15 is 0 Å². The molecular weight excluding hydrogens is 448 g/mol. The molecule has 0 radical (unpaired) electrons. The van der Waals surface area contributed by atoms with Crippen LogP contribution in [-0.2, 0) is 22.6 Å². The van der Waals surface area contributed by atoms with Gasteiger partial charge in [-0.1, -0.05) is 25.1 Å². The summed E-state index contributed by atoms with van der Waals surface area (Å²) in [4.78, 5) is 27.0. The second-order valence-electron chi connectivity index (χ2n) is 6.85. The van der Waals surface area contributed by atoms with Crippen LogP contribution in [-0.4, -0.2) is 43.0 Å². The number of halogens is 1. The smallest absolute Gasteiger partial charge is 0.261 e. The summed E-state index contributed by atoms with van der Waals surface area (Å²) in [7, 11) is 1.59. The van der Waals surface area contributed by atoms with Gasteiger partial charge in [0.25, 0.3) is 5.91 Å². The summed E-state index contributed by atoms with van der Waals surface area (Å²) in [6.45, 7) is 6.24. The van der Waals surface area contributed by atoms with Gasteiger partial charge in [0.15, 0.2) is 6.61 Å². The van der Waals surface area contributed by atoms with Crippen molar-refractivity contribution in [2.75, 3.05) is 20.3 Å². The lowest BCUT2D eigenvalue weighted by atomic mass is 10.1. The van der Waals surface area contributed by atoms with E-state index in [1.807, 2.05) is 49.4 Å². The normalized spacial score (nSPS) is 11.5. The van der Waals surface area contributed by atoms with Gasteiger partial charge in [0.1, 0.15) is 17.5 Å². The zero-order valence-corrected chi connectivity index (χ0v) is 19.5. The van der Waals surface area contributed by atoms with Gasteiger partial charge in [-0.3, -0.25) is 9.59 Å². The quantitative estimate of drug-likeness (QED) is 0.563. The maximum Gasteiger partial charge on any atom is 0.261 e. The van der Waals surface area contributed by atoms with E-state index in [0.717, 1.165) is 16.5 Å². The molecule has 0 aromatic heterocycles. The van der Waals surface area contributed by atoms with Gasteiger partial charge < -0.3 is 19.7 Å². The molecule has 2 aromatic carbocycles. The number of benzene rings is 2. The predicted molar refractivity (Wildman–Crippen MR) is 121 cm³/mol. The molecule has 0 saturated heterocycles. The number of aryl methyl sites for hydroxylation is 1. The molecule has 0 fully saturated rings. The zero-order chi connectivity index (χ0) is 22.1. The third-order valence-corrected chi connectivity index (χ3v) is 5.38. The van der Waals surface area contributed by atoms with Crippen LogP contribution >= 0.6 is 15.9 Å². The van der Waals surface area contributed by atoms with E-state index in [2.05, 4.69) is 28.2 Å². The summed E-state index contributed by atoms with van der Waals surface area (Å²) in [6.07, 6.45) is 0.913. The van der Waals surface area contributed by atoms with E-state index in [4.69, 9.17) is 9.47 Å². The Morgan fingerprint density at radius 2 is 1.90 bits per heavy atom. The van der Waals surface area contributed by atoms with E-state index < -0.39 is 6.04 Å². The number of ether oxygens (including phenoxy) is 2. The van der Waals surface area contributed by atoms with Gasteiger partial charge >= 0.3 is 0 Å². The van der Waals surface area contributed by atoms with Crippen LogP contribution in [0.2, 0.25) is 0 Å². The third-order valence-electron chi connectivity index (χ3n) is 4.76. The van der Waals surface area contributed by atoms with Crippen LogP contribution in [0.15, 0.2) is 46.9 Å². The summed E-state index contributed by atoms with van der Waals surface area (Å²) >= 11 is 3.49. The van der Waals surface area contributed by atoms with Gasteiger partial charge in [-0.25, -0.2) is 0 Å². The van der Waals surface area contributed by atoms with Gasteiger partial charge in [-0.2, -0.15) is 0 Å². The summed E-state index contributed by atoms with van der Waals surface area (Å²) in [5.74, 6) is 0.805. The maximum atomic E-state index is 13.0. The topological polar surface area (TPSA) is 67.9 Å². The highest BCUT2D eigenvalue weighted by molar-refractivity contribution is 9.10. The Kier molecular flexibility index (Phi) is 9.17. The van der Waals surface area contributed by atoms with Crippen LogP contribution < -0.4 is 14.8 Å². The summed E-state index contributed by atoms with van der Waals surface area (Å²) in [5.41, 5.74) is 2.04. The number of nitrogens with zero attached hydrogens (tertiary/aromatic N) is 1. The molecule has 0 aliphatic heterocycles. The number of amides is 2. The maximum absolute atomic E-state index is 13.0.